The molecule has 8 heavy (non-hydrogen) atoms. The van der Waals surface area contributed by atoms with Gasteiger partial charge in [0, 0.05) is 26.2 Å². The molecule has 0 bridgehead atoms. The van der Waals surface area contributed by atoms with Crippen LogP contribution in [0, 0.1) is 0 Å². The summed E-state index contributed by atoms with van der Waals surface area (Å²) in [6.45, 7) is 1.20. The van der Waals surface area contributed by atoms with Gasteiger partial charge < -0.3 is 10.2 Å². The maximum absolute atomic E-state index is 9.45. The van der Waals surface area contributed by atoms with Crippen molar-refractivity contribution in [1.82, 2.24) is 0 Å². The molecule has 1 unspecified atom stereocenters. The third-order valence-electron chi connectivity index (χ3n) is 0.357. The Morgan fingerprint density at radius 2 is 1.75 bits per heavy atom. The van der Waals surface area contributed by atoms with E-state index in [1.54, 1.807) is 0 Å². The van der Waals surface area contributed by atoms with Crippen LogP contribution < -0.4 is 0 Å². The smallest absolute Gasteiger partial charge is 0 e. The molecule has 44 valence electrons. The summed E-state index contributed by atoms with van der Waals surface area (Å²) >= 11 is 0. The molecule has 0 saturated carbocycles. The molecule has 3 nitrogen and oxygen atoms in total. The van der Waals surface area contributed by atoms with E-state index in [-0.39, 0.29) is 63.9 Å². The predicted octanol–water partition coefficient (Wildman–Crippen LogP) is -1.47. The zero-order chi connectivity index (χ0) is 5.15. The van der Waals surface area contributed by atoms with Crippen molar-refractivity contribution in [3.05, 3.63) is 0 Å². The molecule has 0 aromatic rings. The molecule has 0 rings (SSSR count). The summed E-state index contributed by atoms with van der Waals surface area (Å²) in [6.07, 6.45) is -1.23. The van der Waals surface area contributed by atoms with Gasteiger partial charge >= 0.3 is 43.7 Å². The zero-order valence-corrected chi connectivity index (χ0v) is 6.34. The van der Waals surface area contributed by atoms with Gasteiger partial charge in [0.15, 0.2) is 0 Å². The number of carboxylic acid groups (broad SMARTS) is 1. The molecule has 0 saturated heterocycles. The van der Waals surface area contributed by atoms with E-state index in [0.29, 0.717) is 0 Å². The standard InChI is InChI=1S/C3H6O3.Ca.Zr.2H/c1-2(4)3(5)6;;;;/h2,4H,1H3,(H,5,6);;;;. The second-order valence-electron chi connectivity index (χ2n) is 1.01. The summed E-state index contributed by atoms with van der Waals surface area (Å²) in [5.41, 5.74) is 0. The molecule has 2 N–H and O–H groups in total. The minimum absolute atomic E-state index is 0. The third kappa shape index (κ3) is 10.5. The Kier molecular flexibility index (Phi) is 17.5. The summed E-state index contributed by atoms with van der Waals surface area (Å²) in [4.78, 5) is 9.45. The van der Waals surface area contributed by atoms with Crippen molar-refractivity contribution in [2.45, 2.75) is 13.0 Å². The fourth-order valence-electron chi connectivity index (χ4n) is 0. The van der Waals surface area contributed by atoms with E-state index in [2.05, 4.69) is 0 Å². The van der Waals surface area contributed by atoms with E-state index in [9.17, 15) is 4.79 Å². The van der Waals surface area contributed by atoms with E-state index in [1.807, 2.05) is 0 Å². The van der Waals surface area contributed by atoms with Gasteiger partial charge in [-0.1, -0.05) is 0 Å². The van der Waals surface area contributed by atoms with E-state index in [0.717, 1.165) is 0 Å². The summed E-state index contributed by atoms with van der Waals surface area (Å²) in [5, 5.41) is 15.8. The van der Waals surface area contributed by atoms with Crippen molar-refractivity contribution in [3.8, 4) is 0 Å². The van der Waals surface area contributed by atoms with Crippen LogP contribution in [0.3, 0.4) is 0 Å². The molecular weight excluding hydrogens is 215 g/mol. The number of aliphatic hydroxyl groups excluding tert-OH is 1. The second-order valence-corrected chi connectivity index (χ2v) is 1.01. The molecule has 0 spiro atoms. The molecule has 0 aliphatic rings. The van der Waals surface area contributed by atoms with Crippen LogP contribution >= 0.6 is 0 Å². The molecule has 0 aliphatic heterocycles. The van der Waals surface area contributed by atoms with Crippen molar-refractivity contribution in [3.63, 3.8) is 0 Å². The predicted molar refractivity (Wildman–Crippen MR) is 27.9 cm³/mol. The molecule has 0 aromatic heterocycles. The Bertz CT molecular complexity index is 65.5. The van der Waals surface area contributed by atoms with Crippen molar-refractivity contribution in [2.24, 2.45) is 0 Å². The van der Waals surface area contributed by atoms with E-state index in [4.69, 9.17) is 10.2 Å². The maximum Gasteiger partial charge on any atom is 0 e. The van der Waals surface area contributed by atoms with Gasteiger partial charge in [-0.25, -0.2) is 4.79 Å². The molecule has 0 aromatic carbocycles. The first-order chi connectivity index (χ1) is 2.64. The normalized spacial score (nSPS) is 10.2. The second kappa shape index (κ2) is 8.57. The van der Waals surface area contributed by atoms with Gasteiger partial charge in [-0.3, -0.25) is 0 Å². The van der Waals surface area contributed by atoms with Crippen molar-refractivity contribution in [1.29, 1.82) is 0 Å². The topological polar surface area (TPSA) is 57.5 Å². The Morgan fingerprint density at radius 3 is 1.75 bits per heavy atom. The number of hydrogen-bond acceptors (Lipinski definition) is 2. The molecule has 5 heteroatoms. The van der Waals surface area contributed by atoms with Crippen LogP contribution in [0.25, 0.3) is 0 Å². The maximum atomic E-state index is 9.45. The number of carboxylic acids is 1. The number of aliphatic carboxylic acids is 1. The molecule has 0 radical (unpaired) electrons. The first kappa shape index (κ1) is 16.3. The van der Waals surface area contributed by atoms with Gasteiger partial charge in [-0.05, 0) is 6.92 Å². The Hall–Kier alpha value is 1.57. The molecule has 0 aliphatic carbocycles. The van der Waals surface area contributed by atoms with Gasteiger partial charge in [0.1, 0.15) is 6.10 Å². The first-order valence-electron chi connectivity index (χ1n) is 1.55. The number of rotatable bonds is 1. The van der Waals surface area contributed by atoms with Crippen LogP contribution in [0.4, 0.5) is 0 Å². The molecular formula is C3H8CaO3Zr. The summed E-state index contributed by atoms with van der Waals surface area (Å²) in [7, 11) is 0. The third-order valence-corrected chi connectivity index (χ3v) is 0.357. The Morgan fingerprint density at radius 1 is 1.62 bits per heavy atom. The van der Waals surface area contributed by atoms with Crippen LogP contribution in [-0.2, 0) is 31.0 Å². The average Bonchev–Trinajstić information content (AvgIpc) is 1.36. The van der Waals surface area contributed by atoms with Gasteiger partial charge in [0.25, 0.3) is 0 Å². The van der Waals surface area contributed by atoms with Gasteiger partial charge in [-0.15, -0.1) is 0 Å². The number of hydrogen-bond donors (Lipinski definition) is 2. The largest absolute Gasteiger partial charge is 0 e. The van der Waals surface area contributed by atoms with E-state index < -0.39 is 12.1 Å². The van der Waals surface area contributed by atoms with Crippen LogP contribution in [0.2, 0.25) is 0 Å². The molecule has 0 fully saturated rings. The molecule has 0 amide bonds. The van der Waals surface area contributed by atoms with Crippen molar-refractivity contribution >= 4 is 43.7 Å². The fraction of sp³-hybridized carbons (Fsp3) is 0.667. The Labute approximate surface area is 96.6 Å². The van der Waals surface area contributed by atoms with Crippen molar-refractivity contribution < 1.29 is 41.2 Å². The van der Waals surface area contributed by atoms with E-state index >= 15 is 0 Å². The van der Waals surface area contributed by atoms with Gasteiger partial charge in [0.2, 0.25) is 0 Å². The SMILES string of the molecule is CC(O)C(=O)O.[CaH2].[Zr]. The van der Waals surface area contributed by atoms with Crippen LogP contribution in [-0.4, -0.2) is 60.0 Å². The molecule has 0 heterocycles. The van der Waals surface area contributed by atoms with Crippen LogP contribution in [0.15, 0.2) is 0 Å². The first-order valence-corrected chi connectivity index (χ1v) is 1.55. The summed E-state index contributed by atoms with van der Waals surface area (Å²) in [5.74, 6) is -1.19. The minimum Gasteiger partial charge on any atom is 0 e. The fourth-order valence-corrected chi connectivity index (χ4v) is 0. The van der Waals surface area contributed by atoms with Gasteiger partial charge in [-0.2, -0.15) is 0 Å². The quantitative estimate of drug-likeness (QED) is 0.534. The summed E-state index contributed by atoms with van der Waals surface area (Å²) in [6, 6.07) is 0. The monoisotopic (exact) mass is 222 g/mol. The average molecular weight is 223 g/mol. The van der Waals surface area contributed by atoms with Gasteiger partial charge in [0.05, 0.1) is 0 Å². The Balaban J connectivity index is -0.000000125. The van der Waals surface area contributed by atoms with Crippen LogP contribution in [0.1, 0.15) is 6.92 Å². The summed E-state index contributed by atoms with van der Waals surface area (Å²) < 4.78 is 0. The van der Waals surface area contributed by atoms with Crippen molar-refractivity contribution in [2.75, 3.05) is 0 Å². The van der Waals surface area contributed by atoms with Crippen LogP contribution in [0.5, 0.6) is 0 Å². The number of aliphatic hydroxyl groups is 1. The van der Waals surface area contributed by atoms with E-state index in [1.165, 1.54) is 6.92 Å². The number of carbonyl (C=O) groups is 1. The molecule has 1 atom stereocenters. The minimum atomic E-state index is -1.23. The zero-order valence-electron chi connectivity index (χ0n) is 3.88.